The molecule has 0 amide bonds. The van der Waals surface area contributed by atoms with Crippen LogP contribution in [0.3, 0.4) is 0 Å². The van der Waals surface area contributed by atoms with E-state index in [0.717, 1.165) is 5.69 Å². The fourth-order valence-corrected chi connectivity index (χ4v) is 9.04. The minimum Gasteiger partial charge on any atom is -0.310 e. The van der Waals surface area contributed by atoms with Gasteiger partial charge in [0, 0.05) is 42.6 Å². The van der Waals surface area contributed by atoms with Crippen LogP contribution in [-0.4, -0.2) is 0 Å². The number of fused-ring (bicyclic) bond motifs is 10. The van der Waals surface area contributed by atoms with Crippen molar-refractivity contribution in [2.45, 2.75) is 38.5 Å². The summed E-state index contributed by atoms with van der Waals surface area (Å²) in [6, 6.07) is 51.9. The van der Waals surface area contributed by atoms with Crippen LogP contribution in [0, 0.1) is 0 Å². The number of para-hydroxylation sites is 1. The van der Waals surface area contributed by atoms with Gasteiger partial charge in [-0.2, -0.15) is 0 Å². The number of thiophene rings is 1. The third kappa shape index (κ3) is 3.80. The molecule has 1 nitrogen and oxygen atoms in total. The van der Waals surface area contributed by atoms with Gasteiger partial charge in [0.1, 0.15) is 0 Å². The van der Waals surface area contributed by atoms with Crippen LogP contribution in [0.2, 0.25) is 0 Å². The molecule has 1 aliphatic rings. The van der Waals surface area contributed by atoms with E-state index in [0.29, 0.717) is 0 Å². The van der Waals surface area contributed by atoms with Gasteiger partial charge >= 0.3 is 0 Å². The minimum atomic E-state index is -0.0835. The molecule has 8 aromatic rings. The monoisotopic (exact) mass is 609 g/mol. The highest BCUT2D eigenvalue weighted by atomic mass is 32.1. The maximum Gasteiger partial charge on any atom is 0.0468 e. The highest BCUT2D eigenvalue weighted by molar-refractivity contribution is 7.25. The second kappa shape index (κ2) is 9.79. The summed E-state index contributed by atoms with van der Waals surface area (Å²) in [7, 11) is 0. The molecule has 7 aromatic carbocycles. The summed E-state index contributed by atoms with van der Waals surface area (Å²) in [6.45, 7) is 9.74. The van der Waals surface area contributed by atoms with Crippen molar-refractivity contribution in [2.75, 3.05) is 4.90 Å². The van der Waals surface area contributed by atoms with E-state index in [1.54, 1.807) is 0 Å². The van der Waals surface area contributed by atoms with E-state index in [4.69, 9.17) is 0 Å². The molecule has 0 bridgehead atoms. The van der Waals surface area contributed by atoms with Gasteiger partial charge in [-0.05, 0) is 97.7 Å². The van der Waals surface area contributed by atoms with Gasteiger partial charge in [0.25, 0.3) is 0 Å². The lowest BCUT2D eigenvalue weighted by Crippen LogP contribution is -2.43. The van der Waals surface area contributed by atoms with Crippen molar-refractivity contribution in [2.24, 2.45) is 0 Å². The number of rotatable bonds is 3. The van der Waals surface area contributed by atoms with Gasteiger partial charge in [-0.25, -0.2) is 0 Å². The van der Waals surface area contributed by atoms with Gasteiger partial charge in [0.15, 0.2) is 0 Å². The Morgan fingerprint density at radius 1 is 0.435 bits per heavy atom. The number of benzene rings is 7. The van der Waals surface area contributed by atoms with Gasteiger partial charge in [-0.15, -0.1) is 11.3 Å². The predicted molar refractivity (Wildman–Crippen MR) is 201 cm³/mol. The zero-order valence-corrected chi connectivity index (χ0v) is 27.5. The highest BCUT2D eigenvalue weighted by Crippen LogP contribution is 2.57. The van der Waals surface area contributed by atoms with E-state index in [2.05, 4.69) is 172 Å². The maximum absolute atomic E-state index is 2.45. The number of nitrogens with zero attached hydrogens (tertiary/aromatic N) is 1. The first-order chi connectivity index (χ1) is 22.3. The Morgan fingerprint density at radius 3 is 1.96 bits per heavy atom. The molecule has 46 heavy (non-hydrogen) atoms. The van der Waals surface area contributed by atoms with Crippen LogP contribution in [0.4, 0.5) is 17.1 Å². The molecule has 222 valence electrons. The third-order valence-corrected chi connectivity index (χ3v) is 12.1. The summed E-state index contributed by atoms with van der Waals surface area (Å²) in [5.74, 6) is 0. The Balaban J connectivity index is 1.30. The molecule has 0 aliphatic heterocycles. The quantitative estimate of drug-likeness (QED) is 0.180. The van der Waals surface area contributed by atoms with E-state index in [1.165, 1.54) is 75.3 Å². The van der Waals surface area contributed by atoms with Crippen molar-refractivity contribution in [3.05, 3.63) is 151 Å². The van der Waals surface area contributed by atoms with Crippen molar-refractivity contribution < 1.29 is 0 Å². The van der Waals surface area contributed by atoms with E-state index in [-0.39, 0.29) is 10.8 Å². The Morgan fingerprint density at radius 2 is 1.11 bits per heavy atom. The van der Waals surface area contributed by atoms with Gasteiger partial charge in [-0.3, -0.25) is 0 Å². The molecule has 1 aliphatic carbocycles. The second-order valence-electron chi connectivity index (χ2n) is 13.8. The SMILES string of the molecule is CC1(C)c2ccc(N(c3ccccc3)c3ccc4sc5ccccc5c4c3)cc2-c2ccc3c(ccc4ccccc43)c2C1(C)C. The molecular formula is C44H35NS. The maximum atomic E-state index is 2.45. The highest BCUT2D eigenvalue weighted by Gasteiger charge is 2.46. The molecule has 0 atom stereocenters. The molecular weight excluding hydrogens is 575 g/mol. The zero-order chi connectivity index (χ0) is 31.2. The summed E-state index contributed by atoms with van der Waals surface area (Å²) in [5, 5.41) is 7.94. The van der Waals surface area contributed by atoms with Gasteiger partial charge in [0.2, 0.25) is 0 Å². The average molecular weight is 610 g/mol. The van der Waals surface area contributed by atoms with E-state index < -0.39 is 0 Å². The molecule has 0 spiro atoms. The first-order valence-corrected chi connectivity index (χ1v) is 17.0. The van der Waals surface area contributed by atoms with Gasteiger partial charge in [0.05, 0.1) is 0 Å². The molecule has 1 aromatic heterocycles. The first-order valence-electron chi connectivity index (χ1n) is 16.2. The number of anilines is 3. The number of hydrogen-bond acceptors (Lipinski definition) is 2. The van der Waals surface area contributed by atoms with Crippen LogP contribution < -0.4 is 4.90 Å². The van der Waals surface area contributed by atoms with Crippen molar-refractivity contribution in [1.82, 2.24) is 0 Å². The Labute approximate surface area is 274 Å². The largest absolute Gasteiger partial charge is 0.310 e. The topological polar surface area (TPSA) is 3.24 Å². The minimum absolute atomic E-state index is 0.0804. The summed E-state index contributed by atoms with van der Waals surface area (Å²) in [5.41, 5.74) is 8.85. The standard InChI is InChI=1S/C44H35NS/c1-43(2)39-24-19-30(26-37(39)36-23-22-33-32-15-9-8-12-28(32)18-21-35(33)42(36)44(43,3)4)45(29-13-6-5-7-14-29)31-20-25-41-38(27-31)34-16-10-11-17-40(34)46-41/h5-27H,1-4H3. The molecule has 0 fully saturated rings. The lowest BCUT2D eigenvalue weighted by molar-refractivity contribution is 0.301. The summed E-state index contributed by atoms with van der Waals surface area (Å²) in [4.78, 5) is 2.42. The summed E-state index contributed by atoms with van der Waals surface area (Å²) < 4.78 is 2.65. The van der Waals surface area contributed by atoms with Crippen LogP contribution in [0.15, 0.2) is 140 Å². The Bertz CT molecular complexity index is 2480. The van der Waals surface area contributed by atoms with Crippen LogP contribution in [0.5, 0.6) is 0 Å². The molecule has 0 N–H and O–H groups in total. The fourth-order valence-electron chi connectivity index (χ4n) is 7.95. The van der Waals surface area contributed by atoms with Crippen molar-refractivity contribution in [3.63, 3.8) is 0 Å². The van der Waals surface area contributed by atoms with Crippen LogP contribution >= 0.6 is 11.3 Å². The molecule has 1 heterocycles. The van der Waals surface area contributed by atoms with Gasteiger partial charge < -0.3 is 4.90 Å². The first kappa shape index (κ1) is 27.4. The summed E-state index contributed by atoms with van der Waals surface area (Å²) in [6.07, 6.45) is 0. The molecule has 2 heteroatoms. The molecule has 9 rings (SSSR count). The molecule has 0 unspecified atom stereocenters. The Kier molecular flexibility index (Phi) is 5.83. The lowest BCUT2D eigenvalue weighted by atomic mass is 9.54. The lowest BCUT2D eigenvalue weighted by Gasteiger charge is -2.49. The fraction of sp³-hybridized carbons (Fsp3) is 0.136. The number of hydrogen-bond donors (Lipinski definition) is 0. The second-order valence-corrected chi connectivity index (χ2v) is 14.9. The van der Waals surface area contributed by atoms with Crippen molar-refractivity contribution in [3.8, 4) is 11.1 Å². The van der Waals surface area contributed by atoms with Crippen LogP contribution in [0.1, 0.15) is 38.8 Å². The van der Waals surface area contributed by atoms with E-state index >= 15 is 0 Å². The smallest absolute Gasteiger partial charge is 0.0468 e. The summed E-state index contributed by atoms with van der Waals surface area (Å²) >= 11 is 1.87. The average Bonchev–Trinajstić information content (AvgIpc) is 3.45. The van der Waals surface area contributed by atoms with Crippen molar-refractivity contribution >= 4 is 70.1 Å². The van der Waals surface area contributed by atoms with Crippen molar-refractivity contribution in [1.29, 1.82) is 0 Å². The van der Waals surface area contributed by atoms with Crippen LogP contribution in [-0.2, 0) is 10.8 Å². The van der Waals surface area contributed by atoms with Gasteiger partial charge in [-0.1, -0.05) is 119 Å². The van der Waals surface area contributed by atoms with E-state index in [9.17, 15) is 0 Å². The normalized spacial score (nSPS) is 14.9. The molecule has 0 saturated carbocycles. The third-order valence-electron chi connectivity index (χ3n) is 11.0. The molecule has 0 saturated heterocycles. The predicted octanol–water partition coefficient (Wildman–Crippen LogP) is 13.1. The Hall–Kier alpha value is -4.92. The van der Waals surface area contributed by atoms with Crippen LogP contribution in [0.25, 0.3) is 52.8 Å². The zero-order valence-electron chi connectivity index (χ0n) is 26.6. The van der Waals surface area contributed by atoms with E-state index in [1.807, 2.05) is 11.3 Å². The molecule has 0 radical (unpaired) electrons.